The second-order valence-electron chi connectivity index (χ2n) is 7.86. The topological polar surface area (TPSA) is 38.5 Å². The van der Waals surface area contributed by atoms with Crippen molar-refractivity contribution in [2.75, 3.05) is 20.2 Å². The molecule has 0 bridgehead atoms. The summed E-state index contributed by atoms with van der Waals surface area (Å²) < 4.78 is 5.36. The number of methoxy groups -OCH3 is 1. The van der Waals surface area contributed by atoms with Gasteiger partial charge in [0.1, 0.15) is 5.75 Å². The molecule has 0 unspecified atom stereocenters. The molecular weight excluding hydrogens is 296 g/mol. The van der Waals surface area contributed by atoms with Gasteiger partial charge >= 0.3 is 0 Å². The highest BCUT2D eigenvalue weighted by molar-refractivity contribution is 6.32. The molecule has 3 rings (SSSR count). The Kier molecular flexibility index (Phi) is 3.95. The number of halogens is 1. The number of benzene rings is 1. The number of likely N-dealkylation sites (tertiary alicyclic amines) is 1. The summed E-state index contributed by atoms with van der Waals surface area (Å²) >= 11 is 6.29. The van der Waals surface area contributed by atoms with E-state index in [1.165, 1.54) is 11.1 Å². The minimum Gasteiger partial charge on any atom is -0.495 e. The lowest BCUT2D eigenvalue weighted by Gasteiger charge is -2.47. The maximum atomic E-state index is 6.65. The van der Waals surface area contributed by atoms with Crippen LogP contribution in [0.3, 0.4) is 0 Å². The Hall–Kier alpha value is -0.770. The molecule has 1 atom stereocenters. The van der Waals surface area contributed by atoms with Crippen molar-refractivity contribution in [3.05, 3.63) is 28.3 Å². The van der Waals surface area contributed by atoms with Crippen molar-refractivity contribution in [3.8, 4) is 5.75 Å². The first kappa shape index (κ1) is 16.1. The zero-order valence-electron chi connectivity index (χ0n) is 14.1. The maximum absolute atomic E-state index is 6.65. The number of hydrogen-bond acceptors (Lipinski definition) is 3. The van der Waals surface area contributed by atoms with Crippen molar-refractivity contribution >= 4 is 11.6 Å². The summed E-state index contributed by atoms with van der Waals surface area (Å²) in [5.41, 5.74) is 9.62. The van der Waals surface area contributed by atoms with Crippen LogP contribution in [0.4, 0.5) is 0 Å². The van der Waals surface area contributed by atoms with E-state index in [0.717, 1.165) is 38.1 Å². The van der Waals surface area contributed by atoms with E-state index in [9.17, 15) is 0 Å². The third-order valence-electron chi connectivity index (χ3n) is 5.66. The Balaban J connectivity index is 1.84. The zero-order valence-corrected chi connectivity index (χ0v) is 14.8. The van der Waals surface area contributed by atoms with Gasteiger partial charge in [0.15, 0.2) is 0 Å². The highest BCUT2D eigenvalue weighted by Crippen LogP contribution is 2.52. The molecule has 1 fully saturated rings. The van der Waals surface area contributed by atoms with Crippen LogP contribution < -0.4 is 10.5 Å². The lowest BCUT2D eigenvalue weighted by molar-refractivity contribution is 0.0345. The molecule has 1 aromatic carbocycles. The van der Waals surface area contributed by atoms with Crippen LogP contribution in [0, 0.1) is 5.41 Å². The molecule has 0 amide bonds. The number of nitrogens with two attached hydrogens (primary N) is 1. The van der Waals surface area contributed by atoms with Crippen LogP contribution in [0.5, 0.6) is 5.75 Å². The fourth-order valence-corrected chi connectivity index (χ4v) is 4.39. The van der Waals surface area contributed by atoms with Crippen LogP contribution in [0.15, 0.2) is 12.1 Å². The van der Waals surface area contributed by atoms with Gasteiger partial charge in [-0.3, -0.25) is 4.90 Å². The van der Waals surface area contributed by atoms with Crippen LogP contribution in [-0.2, 0) is 6.42 Å². The number of ether oxygens (including phenoxy) is 1. The van der Waals surface area contributed by atoms with E-state index in [-0.39, 0.29) is 17.0 Å². The number of fused-ring (bicyclic) bond motifs is 1. The van der Waals surface area contributed by atoms with Crippen molar-refractivity contribution in [2.45, 2.75) is 51.6 Å². The molecular formula is C18H27ClN2O. The number of hydrogen-bond donors (Lipinski definition) is 1. The molecule has 1 aromatic rings. The molecule has 1 spiro atoms. The van der Waals surface area contributed by atoms with Gasteiger partial charge in [-0.1, -0.05) is 11.6 Å². The lowest BCUT2D eigenvalue weighted by Crippen LogP contribution is -2.50. The number of piperidine rings is 1. The van der Waals surface area contributed by atoms with E-state index in [1.54, 1.807) is 7.11 Å². The average molecular weight is 323 g/mol. The van der Waals surface area contributed by atoms with Gasteiger partial charge in [0.25, 0.3) is 0 Å². The summed E-state index contributed by atoms with van der Waals surface area (Å²) in [6, 6.07) is 4.20. The Labute approximate surface area is 138 Å². The minimum atomic E-state index is 0.0908. The van der Waals surface area contributed by atoms with Crippen molar-refractivity contribution in [1.82, 2.24) is 4.90 Å². The molecule has 1 saturated heterocycles. The van der Waals surface area contributed by atoms with Crippen LogP contribution in [0.25, 0.3) is 0 Å². The van der Waals surface area contributed by atoms with Crippen LogP contribution >= 0.6 is 11.6 Å². The first-order valence-corrected chi connectivity index (χ1v) is 8.51. The molecule has 0 aromatic heterocycles. The van der Waals surface area contributed by atoms with E-state index in [1.807, 2.05) is 6.07 Å². The van der Waals surface area contributed by atoms with Gasteiger partial charge in [-0.15, -0.1) is 0 Å². The van der Waals surface area contributed by atoms with Gasteiger partial charge in [-0.05, 0) is 81.8 Å². The van der Waals surface area contributed by atoms with E-state index in [2.05, 4.69) is 31.7 Å². The predicted octanol–water partition coefficient (Wildman–Crippen LogP) is 3.79. The number of rotatable bonds is 1. The Bertz CT molecular complexity index is 571. The second kappa shape index (κ2) is 5.40. The van der Waals surface area contributed by atoms with E-state index in [0.29, 0.717) is 5.02 Å². The van der Waals surface area contributed by atoms with E-state index >= 15 is 0 Å². The zero-order chi connectivity index (χ0) is 16.1. The van der Waals surface area contributed by atoms with Crippen molar-refractivity contribution < 1.29 is 4.74 Å². The fraction of sp³-hybridized carbons (Fsp3) is 0.667. The van der Waals surface area contributed by atoms with Gasteiger partial charge in [0, 0.05) is 11.6 Å². The summed E-state index contributed by atoms with van der Waals surface area (Å²) in [6.07, 6.45) is 3.36. The smallest absolute Gasteiger partial charge is 0.137 e. The van der Waals surface area contributed by atoms with Gasteiger partial charge in [-0.25, -0.2) is 0 Å². The van der Waals surface area contributed by atoms with Crippen LogP contribution in [0.1, 0.15) is 50.8 Å². The maximum Gasteiger partial charge on any atom is 0.137 e. The summed E-state index contributed by atoms with van der Waals surface area (Å²) in [4.78, 5) is 2.57. The molecule has 1 heterocycles. The summed E-state index contributed by atoms with van der Waals surface area (Å²) in [5.74, 6) is 0.761. The first-order chi connectivity index (χ1) is 10.3. The second-order valence-corrected chi connectivity index (χ2v) is 8.27. The summed E-state index contributed by atoms with van der Waals surface area (Å²) in [7, 11) is 1.67. The molecule has 3 nitrogen and oxygen atoms in total. The predicted molar refractivity (Wildman–Crippen MR) is 91.6 cm³/mol. The normalized spacial score (nSPS) is 24.5. The molecule has 122 valence electrons. The monoisotopic (exact) mass is 322 g/mol. The van der Waals surface area contributed by atoms with Gasteiger partial charge in [-0.2, -0.15) is 0 Å². The minimum absolute atomic E-state index is 0.0908. The number of nitrogens with zero attached hydrogens (tertiary/aromatic N) is 1. The molecule has 1 aliphatic carbocycles. The van der Waals surface area contributed by atoms with Gasteiger partial charge in [0.2, 0.25) is 0 Å². The SMILES string of the molecule is COc1cc2c(cc1Cl)[C@H](N)C1(CCN(C(C)(C)C)CC1)C2. The Morgan fingerprint density at radius 3 is 2.45 bits per heavy atom. The van der Waals surface area contributed by atoms with E-state index < -0.39 is 0 Å². The summed E-state index contributed by atoms with van der Waals surface area (Å²) in [6.45, 7) is 9.11. The lowest BCUT2D eigenvalue weighted by atomic mass is 9.72. The molecule has 2 N–H and O–H groups in total. The molecule has 4 heteroatoms. The summed E-state index contributed by atoms with van der Waals surface area (Å²) in [5, 5.41) is 0.667. The quantitative estimate of drug-likeness (QED) is 0.855. The Morgan fingerprint density at radius 2 is 1.91 bits per heavy atom. The third-order valence-corrected chi connectivity index (χ3v) is 5.95. The first-order valence-electron chi connectivity index (χ1n) is 8.14. The van der Waals surface area contributed by atoms with Crippen LogP contribution in [0.2, 0.25) is 5.02 Å². The van der Waals surface area contributed by atoms with Crippen molar-refractivity contribution in [2.24, 2.45) is 11.1 Å². The van der Waals surface area contributed by atoms with Gasteiger partial charge in [0.05, 0.1) is 12.1 Å². The van der Waals surface area contributed by atoms with Crippen molar-refractivity contribution in [3.63, 3.8) is 0 Å². The highest BCUT2D eigenvalue weighted by atomic mass is 35.5. The average Bonchev–Trinajstić information content (AvgIpc) is 2.71. The molecule has 2 aliphatic rings. The highest BCUT2D eigenvalue weighted by Gasteiger charge is 2.47. The van der Waals surface area contributed by atoms with E-state index in [4.69, 9.17) is 22.1 Å². The largest absolute Gasteiger partial charge is 0.495 e. The molecule has 22 heavy (non-hydrogen) atoms. The van der Waals surface area contributed by atoms with Crippen LogP contribution in [-0.4, -0.2) is 30.6 Å². The Morgan fingerprint density at radius 1 is 1.27 bits per heavy atom. The molecule has 1 aliphatic heterocycles. The molecule has 0 saturated carbocycles. The van der Waals surface area contributed by atoms with Crippen molar-refractivity contribution in [1.29, 1.82) is 0 Å². The fourth-order valence-electron chi connectivity index (χ4n) is 4.14. The van der Waals surface area contributed by atoms with Gasteiger partial charge < -0.3 is 10.5 Å². The third kappa shape index (κ3) is 2.53. The standard InChI is InChI=1S/C18H27ClN2O/c1-17(2,3)21-7-5-18(6-8-21)11-12-9-15(22-4)14(19)10-13(12)16(18)20/h9-10,16H,5-8,11,20H2,1-4H3/t16-/m0/s1. The molecule has 0 radical (unpaired) electrons.